The molecule has 0 fully saturated rings. The maximum absolute atomic E-state index is 10.0. The van der Waals surface area contributed by atoms with Crippen LogP contribution in [0, 0.1) is 0 Å². The van der Waals surface area contributed by atoms with Crippen molar-refractivity contribution in [2.45, 2.75) is 0 Å². The van der Waals surface area contributed by atoms with Crippen LogP contribution < -0.4 is 0 Å². The summed E-state index contributed by atoms with van der Waals surface area (Å²) in [5, 5.41) is 11.7. The van der Waals surface area contributed by atoms with Crippen LogP contribution >= 0.6 is 0 Å². The first kappa shape index (κ1) is 9.25. The van der Waals surface area contributed by atoms with Crippen molar-refractivity contribution in [2.24, 2.45) is 5.16 Å². The van der Waals surface area contributed by atoms with Gasteiger partial charge in [-0.05, 0) is 5.56 Å². The maximum Gasteiger partial charge on any atom is 0.344 e. The third-order valence-corrected chi connectivity index (χ3v) is 1.26. The molecule has 68 valence electrons. The third kappa shape index (κ3) is 3.91. The first-order chi connectivity index (χ1) is 6.29. The lowest BCUT2D eigenvalue weighted by Crippen LogP contribution is -2.03. The number of hydrogen-bond acceptors (Lipinski definition) is 3. The molecule has 13 heavy (non-hydrogen) atoms. The average molecular weight is 179 g/mol. The molecule has 4 nitrogen and oxygen atoms in total. The Morgan fingerprint density at radius 2 is 2.15 bits per heavy atom. The lowest BCUT2D eigenvalue weighted by atomic mass is 10.2. The molecule has 0 radical (unpaired) electrons. The number of carbonyl (C=O) groups is 1. The third-order valence-electron chi connectivity index (χ3n) is 1.26. The summed E-state index contributed by atoms with van der Waals surface area (Å²) in [4.78, 5) is 14.5. The van der Waals surface area contributed by atoms with E-state index in [1.807, 2.05) is 30.3 Å². The molecule has 0 aliphatic carbocycles. The van der Waals surface area contributed by atoms with E-state index in [2.05, 4.69) is 9.99 Å². The van der Waals surface area contributed by atoms with Gasteiger partial charge >= 0.3 is 5.97 Å². The molecule has 0 saturated heterocycles. The monoisotopic (exact) mass is 179 g/mol. The standard InChI is InChI=1S/C9H9NO3/c11-9(12)7-13-10-6-8-4-2-1-3-5-8/h1-6H,7H2,(H,11,12). The van der Waals surface area contributed by atoms with Gasteiger partial charge in [-0.1, -0.05) is 35.5 Å². The van der Waals surface area contributed by atoms with Crippen LogP contribution in [-0.2, 0) is 9.63 Å². The van der Waals surface area contributed by atoms with Crippen molar-refractivity contribution in [3.63, 3.8) is 0 Å². The van der Waals surface area contributed by atoms with Crippen LogP contribution in [0.5, 0.6) is 0 Å². The van der Waals surface area contributed by atoms with Gasteiger partial charge in [0.1, 0.15) is 0 Å². The summed E-state index contributed by atoms with van der Waals surface area (Å²) in [5.41, 5.74) is 0.868. The van der Waals surface area contributed by atoms with E-state index in [4.69, 9.17) is 5.11 Å². The Balaban J connectivity index is 2.37. The normalized spacial score (nSPS) is 10.2. The quantitative estimate of drug-likeness (QED) is 0.556. The number of rotatable bonds is 4. The molecule has 1 rings (SSSR count). The minimum atomic E-state index is -1.04. The Morgan fingerprint density at radius 3 is 2.77 bits per heavy atom. The lowest BCUT2D eigenvalue weighted by molar-refractivity contribution is -0.142. The number of carboxylic acid groups (broad SMARTS) is 1. The van der Waals surface area contributed by atoms with E-state index in [1.165, 1.54) is 6.21 Å². The van der Waals surface area contributed by atoms with Gasteiger partial charge < -0.3 is 9.94 Å². The molecular weight excluding hydrogens is 170 g/mol. The molecule has 0 unspecified atom stereocenters. The zero-order valence-electron chi connectivity index (χ0n) is 6.88. The van der Waals surface area contributed by atoms with Gasteiger partial charge in [0.25, 0.3) is 0 Å². The second-order valence-corrected chi connectivity index (χ2v) is 2.31. The highest BCUT2D eigenvalue weighted by atomic mass is 16.6. The van der Waals surface area contributed by atoms with Crippen LogP contribution in [0.25, 0.3) is 0 Å². The largest absolute Gasteiger partial charge is 0.479 e. The van der Waals surface area contributed by atoms with Gasteiger partial charge in [0.05, 0.1) is 6.21 Å². The number of nitrogens with zero attached hydrogens (tertiary/aromatic N) is 1. The fraction of sp³-hybridized carbons (Fsp3) is 0.111. The van der Waals surface area contributed by atoms with Gasteiger partial charge in [0.15, 0.2) is 0 Å². The minimum Gasteiger partial charge on any atom is -0.479 e. The summed E-state index contributed by atoms with van der Waals surface area (Å²) in [7, 11) is 0. The van der Waals surface area contributed by atoms with Crippen molar-refractivity contribution >= 4 is 12.2 Å². The van der Waals surface area contributed by atoms with Crippen molar-refractivity contribution in [3.8, 4) is 0 Å². The molecule has 0 bridgehead atoms. The highest BCUT2D eigenvalue weighted by Crippen LogP contribution is 1.93. The van der Waals surface area contributed by atoms with Gasteiger partial charge in [-0.2, -0.15) is 0 Å². The fourth-order valence-corrected chi connectivity index (χ4v) is 0.730. The van der Waals surface area contributed by atoms with Crippen LogP contribution in [0.15, 0.2) is 35.5 Å². The van der Waals surface area contributed by atoms with Crippen LogP contribution in [0.4, 0.5) is 0 Å². The van der Waals surface area contributed by atoms with Crippen LogP contribution in [-0.4, -0.2) is 23.9 Å². The SMILES string of the molecule is O=C(O)CON=Cc1ccccc1. The summed E-state index contributed by atoms with van der Waals surface area (Å²) in [5.74, 6) is -1.04. The molecule has 0 amide bonds. The molecule has 1 aromatic rings. The van der Waals surface area contributed by atoms with Crippen molar-refractivity contribution in [2.75, 3.05) is 6.61 Å². The van der Waals surface area contributed by atoms with Crippen molar-refractivity contribution in [1.29, 1.82) is 0 Å². The molecule has 0 heterocycles. The Kier molecular flexibility index (Phi) is 3.50. The molecule has 0 saturated carbocycles. The summed E-state index contributed by atoms with van der Waals surface area (Å²) >= 11 is 0. The molecular formula is C9H9NO3. The molecule has 0 atom stereocenters. The van der Waals surface area contributed by atoms with Crippen LogP contribution in [0.2, 0.25) is 0 Å². The molecule has 1 aromatic carbocycles. The van der Waals surface area contributed by atoms with Crippen molar-refractivity contribution < 1.29 is 14.7 Å². The van der Waals surface area contributed by atoms with E-state index in [0.29, 0.717) is 0 Å². The number of carboxylic acids is 1. The first-order valence-electron chi connectivity index (χ1n) is 3.71. The van der Waals surface area contributed by atoms with Crippen molar-refractivity contribution in [3.05, 3.63) is 35.9 Å². The molecule has 0 aliphatic rings. The summed E-state index contributed by atoms with van der Waals surface area (Å²) in [6.45, 7) is -0.413. The zero-order valence-corrected chi connectivity index (χ0v) is 6.88. The van der Waals surface area contributed by atoms with Gasteiger partial charge in [0, 0.05) is 0 Å². The Hall–Kier alpha value is -1.84. The van der Waals surface area contributed by atoms with Gasteiger partial charge in [0.2, 0.25) is 6.61 Å². The van der Waals surface area contributed by atoms with Crippen LogP contribution in [0.1, 0.15) is 5.56 Å². The lowest BCUT2D eigenvalue weighted by Gasteiger charge is -1.92. The van der Waals surface area contributed by atoms with E-state index < -0.39 is 12.6 Å². The van der Waals surface area contributed by atoms with Gasteiger partial charge in [-0.3, -0.25) is 0 Å². The predicted octanol–water partition coefficient (Wildman–Crippen LogP) is 1.12. The van der Waals surface area contributed by atoms with E-state index in [9.17, 15) is 4.79 Å². The number of hydrogen-bond donors (Lipinski definition) is 1. The molecule has 0 spiro atoms. The summed E-state index contributed by atoms with van der Waals surface area (Å²) in [6, 6.07) is 9.29. The summed E-state index contributed by atoms with van der Waals surface area (Å²) < 4.78 is 0. The van der Waals surface area contributed by atoms with E-state index >= 15 is 0 Å². The van der Waals surface area contributed by atoms with Crippen molar-refractivity contribution in [1.82, 2.24) is 0 Å². The Bertz CT molecular complexity index is 295. The van der Waals surface area contributed by atoms with Gasteiger partial charge in [-0.15, -0.1) is 0 Å². The minimum absolute atomic E-state index is 0.413. The number of benzene rings is 1. The first-order valence-corrected chi connectivity index (χ1v) is 3.71. The number of oxime groups is 1. The Labute approximate surface area is 75.4 Å². The van der Waals surface area contributed by atoms with Gasteiger partial charge in [-0.25, -0.2) is 4.79 Å². The average Bonchev–Trinajstić information content (AvgIpc) is 2.14. The molecule has 0 aliphatic heterocycles. The smallest absolute Gasteiger partial charge is 0.344 e. The second kappa shape index (κ2) is 4.92. The fourth-order valence-electron chi connectivity index (χ4n) is 0.730. The van der Waals surface area contributed by atoms with E-state index in [-0.39, 0.29) is 0 Å². The van der Waals surface area contributed by atoms with E-state index in [1.54, 1.807) is 0 Å². The predicted molar refractivity (Wildman–Crippen MR) is 47.6 cm³/mol. The summed E-state index contributed by atoms with van der Waals surface area (Å²) in [6.07, 6.45) is 1.46. The zero-order chi connectivity index (χ0) is 9.52. The Morgan fingerprint density at radius 1 is 1.46 bits per heavy atom. The highest BCUT2D eigenvalue weighted by molar-refractivity contribution is 5.78. The highest BCUT2D eigenvalue weighted by Gasteiger charge is 1.92. The molecule has 4 heteroatoms. The molecule has 1 N–H and O–H groups in total. The second-order valence-electron chi connectivity index (χ2n) is 2.31. The topological polar surface area (TPSA) is 58.9 Å². The maximum atomic E-state index is 10.0. The van der Waals surface area contributed by atoms with Crippen LogP contribution in [0.3, 0.4) is 0 Å². The molecule has 0 aromatic heterocycles. The van der Waals surface area contributed by atoms with E-state index in [0.717, 1.165) is 5.56 Å². The number of aliphatic carboxylic acids is 1.